The molecule has 0 amide bonds. The number of rotatable bonds is 4. The number of alkyl halides is 1. The maximum Gasteiger partial charge on any atom is 0.238 e. The van der Waals surface area contributed by atoms with E-state index in [0.717, 1.165) is 0 Å². The van der Waals surface area contributed by atoms with Gasteiger partial charge in [-0.3, -0.25) is 0 Å². The van der Waals surface area contributed by atoms with Crippen molar-refractivity contribution in [2.45, 2.75) is 50.2 Å². The summed E-state index contributed by atoms with van der Waals surface area (Å²) < 4.78 is 7.29. The molecule has 0 spiro atoms. The Labute approximate surface area is 132 Å². The summed E-state index contributed by atoms with van der Waals surface area (Å²) in [5.41, 5.74) is 0.0891. The predicted octanol–water partition coefficient (Wildman–Crippen LogP) is 4.55. The maximum atomic E-state index is 6.78. The number of hydrogen-bond acceptors (Lipinski definition) is 1. The molecule has 1 aromatic carbocycles. The average Bonchev–Trinajstić information content (AvgIpc) is 2.78. The van der Waals surface area contributed by atoms with E-state index >= 15 is 0 Å². The Balaban J connectivity index is 2.37. The van der Waals surface area contributed by atoms with E-state index in [0.29, 0.717) is 4.45 Å². The van der Waals surface area contributed by atoms with Gasteiger partial charge in [-0.2, -0.15) is 0 Å². The average molecular weight is 353 g/mol. The van der Waals surface area contributed by atoms with Crippen molar-refractivity contribution in [3.05, 3.63) is 43.0 Å². The minimum absolute atomic E-state index is 0.0891. The lowest BCUT2D eigenvalue weighted by Gasteiger charge is -2.39. The summed E-state index contributed by atoms with van der Waals surface area (Å²) in [5, 5.41) is 1.41. The third kappa shape index (κ3) is 3.10. The first-order chi connectivity index (χ1) is 9.40. The van der Waals surface area contributed by atoms with Crippen molar-refractivity contribution in [3.63, 3.8) is 0 Å². The van der Waals surface area contributed by atoms with Gasteiger partial charge < -0.3 is 4.43 Å². The van der Waals surface area contributed by atoms with Gasteiger partial charge in [0.2, 0.25) is 8.32 Å². The van der Waals surface area contributed by atoms with E-state index in [1.807, 2.05) is 6.08 Å². The highest BCUT2D eigenvalue weighted by atomic mass is 79.9. The first-order valence-corrected chi connectivity index (χ1v) is 10.5. The molecule has 3 atom stereocenters. The van der Waals surface area contributed by atoms with Gasteiger partial charge in [0.25, 0.3) is 0 Å². The molecule has 1 aliphatic rings. The molecule has 3 heteroatoms. The lowest BCUT2D eigenvalue weighted by Crippen LogP contribution is -2.58. The van der Waals surface area contributed by atoms with E-state index in [4.69, 9.17) is 4.43 Å². The van der Waals surface area contributed by atoms with Gasteiger partial charge in [-0.05, 0) is 23.1 Å². The fraction of sp³-hybridized carbons (Fsp3) is 0.529. The summed E-state index contributed by atoms with van der Waals surface area (Å²) in [6.07, 6.45) is 4.56. The van der Waals surface area contributed by atoms with Crippen LogP contribution in [0.3, 0.4) is 0 Å². The SMILES string of the molecule is C=C[C@@H](O[Si]1(c2ccccc2)CCCC1Br)C(C)(C)C. The first-order valence-electron chi connectivity index (χ1n) is 7.40. The van der Waals surface area contributed by atoms with Crippen LogP contribution in [0.2, 0.25) is 6.04 Å². The van der Waals surface area contributed by atoms with Gasteiger partial charge in [0.15, 0.2) is 0 Å². The standard InChI is InChI=1S/C17H25BrOSi/c1-5-15(17(2,3)4)19-20(13-9-12-16(20)18)14-10-7-6-8-11-14/h5-8,10-11,15-16H,1,9,12-13H2,2-4H3/t15-,16?,20?/m1/s1. The van der Waals surface area contributed by atoms with Crippen LogP contribution in [0.4, 0.5) is 0 Å². The largest absolute Gasteiger partial charge is 0.404 e. The fourth-order valence-corrected chi connectivity index (χ4v) is 9.54. The minimum atomic E-state index is -1.96. The summed E-state index contributed by atoms with van der Waals surface area (Å²) in [4.78, 5) is 0. The van der Waals surface area contributed by atoms with Crippen LogP contribution in [0.25, 0.3) is 0 Å². The van der Waals surface area contributed by atoms with Crippen molar-refractivity contribution in [2.24, 2.45) is 5.41 Å². The maximum absolute atomic E-state index is 6.78. The van der Waals surface area contributed by atoms with Crippen LogP contribution in [0.5, 0.6) is 0 Å². The van der Waals surface area contributed by atoms with Gasteiger partial charge in [-0.25, -0.2) is 0 Å². The van der Waals surface area contributed by atoms with Gasteiger partial charge in [0.1, 0.15) is 0 Å². The van der Waals surface area contributed by atoms with Crippen molar-refractivity contribution in [3.8, 4) is 0 Å². The van der Waals surface area contributed by atoms with E-state index < -0.39 is 8.32 Å². The van der Waals surface area contributed by atoms with Crippen LogP contribution in [-0.2, 0) is 4.43 Å². The highest BCUT2D eigenvalue weighted by molar-refractivity contribution is 9.10. The Morgan fingerprint density at radius 3 is 2.45 bits per heavy atom. The number of hydrogen-bond donors (Lipinski definition) is 0. The molecule has 2 unspecified atom stereocenters. The summed E-state index contributed by atoms with van der Waals surface area (Å²) in [5.74, 6) is 0. The lowest BCUT2D eigenvalue weighted by molar-refractivity contribution is 0.122. The second kappa shape index (κ2) is 6.16. The smallest absolute Gasteiger partial charge is 0.238 e. The van der Waals surface area contributed by atoms with E-state index in [1.54, 1.807) is 0 Å². The number of halogens is 1. The Bertz CT molecular complexity index is 454. The Hall–Kier alpha value is -0.383. The predicted molar refractivity (Wildman–Crippen MR) is 93.1 cm³/mol. The van der Waals surface area contributed by atoms with E-state index in [9.17, 15) is 0 Å². The molecule has 1 aromatic rings. The third-order valence-corrected chi connectivity index (χ3v) is 11.2. The Morgan fingerprint density at radius 2 is 2.00 bits per heavy atom. The van der Waals surface area contributed by atoms with Crippen LogP contribution in [0, 0.1) is 5.41 Å². The van der Waals surface area contributed by atoms with Gasteiger partial charge >= 0.3 is 0 Å². The minimum Gasteiger partial charge on any atom is -0.404 e. The van der Waals surface area contributed by atoms with Gasteiger partial charge in [0, 0.05) is 4.45 Å². The fourth-order valence-electron chi connectivity index (χ4n) is 2.98. The molecule has 0 radical (unpaired) electrons. The second-order valence-corrected chi connectivity index (χ2v) is 12.5. The Kier molecular flexibility index (Phi) is 4.93. The van der Waals surface area contributed by atoms with Crippen LogP contribution in [-0.4, -0.2) is 18.9 Å². The quantitative estimate of drug-likeness (QED) is 0.438. The van der Waals surface area contributed by atoms with Crippen molar-refractivity contribution < 1.29 is 4.43 Å². The molecule has 1 fully saturated rings. The van der Waals surface area contributed by atoms with Crippen LogP contribution in [0.15, 0.2) is 43.0 Å². The van der Waals surface area contributed by atoms with Crippen molar-refractivity contribution in [1.29, 1.82) is 0 Å². The van der Waals surface area contributed by atoms with E-state index in [2.05, 4.69) is 73.6 Å². The van der Waals surface area contributed by atoms with Crippen LogP contribution >= 0.6 is 15.9 Å². The van der Waals surface area contributed by atoms with Crippen LogP contribution < -0.4 is 5.19 Å². The molecule has 0 aliphatic carbocycles. The zero-order valence-electron chi connectivity index (χ0n) is 12.7. The molecular formula is C17H25BrOSi. The second-order valence-electron chi connectivity index (χ2n) is 6.76. The Morgan fingerprint density at radius 1 is 1.35 bits per heavy atom. The molecule has 1 saturated heterocycles. The molecule has 0 saturated carbocycles. The topological polar surface area (TPSA) is 9.23 Å². The normalized spacial score (nSPS) is 28.3. The summed E-state index contributed by atoms with van der Waals surface area (Å²) in [6, 6.07) is 12.0. The molecule has 20 heavy (non-hydrogen) atoms. The molecule has 1 heterocycles. The molecule has 1 aliphatic heterocycles. The zero-order valence-corrected chi connectivity index (χ0v) is 15.3. The lowest BCUT2D eigenvalue weighted by atomic mass is 9.89. The van der Waals surface area contributed by atoms with E-state index in [-0.39, 0.29) is 11.5 Å². The molecule has 2 rings (SSSR count). The molecule has 0 bridgehead atoms. The summed E-state index contributed by atoms with van der Waals surface area (Å²) in [7, 11) is -1.96. The van der Waals surface area contributed by atoms with Crippen molar-refractivity contribution >= 4 is 29.4 Å². The van der Waals surface area contributed by atoms with Gasteiger partial charge in [-0.1, -0.05) is 79.5 Å². The molecule has 0 aromatic heterocycles. The summed E-state index contributed by atoms with van der Waals surface area (Å²) >= 11 is 3.93. The highest BCUT2D eigenvalue weighted by Gasteiger charge is 2.49. The zero-order chi connectivity index (χ0) is 14.8. The third-order valence-electron chi connectivity index (χ3n) is 4.18. The molecule has 0 N–H and O–H groups in total. The number of benzene rings is 1. The molecule has 1 nitrogen and oxygen atoms in total. The molecular weight excluding hydrogens is 328 g/mol. The summed E-state index contributed by atoms with van der Waals surface area (Å²) in [6.45, 7) is 10.7. The van der Waals surface area contributed by atoms with Gasteiger partial charge in [-0.15, -0.1) is 6.58 Å². The molecule has 110 valence electrons. The van der Waals surface area contributed by atoms with Crippen molar-refractivity contribution in [2.75, 3.05) is 0 Å². The highest BCUT2D eigenvalue weighted by Crippen LogP contribution is 2.38. The first kappa shape index (κ1) is 16.0. The monoisotopic (exact) mass is 352 g/mol. The van der Waals surface area contributed by atoms with Crippen LogP contribution in [0.1, 0.15) is 33.6 Å². The van der Waals surface area contributed by atoms with Crippen molar-refractivity contribution in [1.82, 2.24) is 0 Å². The van der Waals surface area contributed by atoms with E-state index in [1.165, 1.54) is 24.1 Å². The van der Waals surface area contributed by atoms with Gasteiger partial charge in [0.05, 0.1) is 6.10 Å².